The fourth-order valence-electron chi connectivity index (χ4n) is 3.75. The maximum atomic E-state index is 5.58. The molecular weight excluding hydrogens is 408 g/mol. The second kappa shape index (κ2) is 9.44. The Balaban J connectivity index is 1.60. The highest BCUT2D eigenvalue weighted by atomic mass is 79.9. The molecule has 1 fully saturated rings. The van der Waals surface area contributed by atoms with Crippen LogP contribution in [0.25, 0.3) is 0 Å². The van der Waals surface area contributed by atoms with Crippen molar-refractivity contribution < 1.29 is 24.0 Å². The van der Waals surface area contributed by atoms with E-state index in [0.717, 1.165) is 42.2 Å². The number of piperazine rings is 1. The predicted octanol–water partition coefficient (Wildman–Crippen LogP) is 0.959. The van der Waals surface area contributed by atoms with E-state index in [0.29, 0.717) is 5.75 Å². The van der Waals surface area contributed by atoms with E-state index < -0.39 is 0 Å². The molecule has 0 spiro atoms. The van der Waals surface area contributed by atoms with Gasteiger partial charge in [-0.3, -0.25) is 0 Å². The molecule has 2 N–H and O–H groups in total. The van der Waals surface area contributed by atoms with Gasteiger partial charge in [-0.05, 0) is 18.2 Å². The lowest BCUT2D eigenvalue weighted by Crippen LogP contribution is -3.27. The van der Waals surface area contributed by atoms with Gasteiger partial charge in [0.05, 0.1) is 26.9 Å². The summed E-state index contributed by atoms with van der Waals surface area (Å²) in [5.74, 6) is 2.33. The highest BCUT2D eigenvalue weighted by Gasteiger charge is 2.25. The second-order valence-electron chi connectivity index (χ2n) is 7.00. The molecule has 3 rings (SSSR count). The number of quaternary nitrogens is 2. The van der Waals surface area contributed by atoms with E-state index in [1.165, 1.54) is 24.2 Å². The normalized spacial score (nSPS) is 19.6. The summed E-state index contributed by atoms with van der Waals surface area (Å²) in [6.07, 6.45) is 0. The number of methoxy groups -OCH3 is 3. The quantitative estimate of drug-likeness (QED) is 0.678. The van der Waals surface area contributed by atoms with Crippen molar-refractivity contribution in [2.45, 2.75) is 13.1 Å². The van der Waals surface area contributed by atoms with Gasteiger partial charge in [0.1, 0.15) is 45.0 Å². The van der Waals surface area contributed by atoms with E-state index in [9.17, 15) is 0 Å². The molecule has 0 aliphatic carbocycles. The van der Waals surface area contributed by atoms with Gasteiger partial charge in [-0.25, -0.2) is 0 Å². The molecular formula is C21H29BrN2O3+2. The first-order valence-corrected chi connectivity index (χ1v) is 10.1. The first-order chi connectivity index (χ1) is 13.1. The number of benzene rings is 2. The third kappa shape index (κ3) is 5.15. The van der Waals surface area contributed by atoms with Gasteiger partial charge in [-0.15, -0.1) is 0 Å². The molecule has 1 aliphatic rings. The molecule has 27 heavy (non-hydrogen) atoms. The average molecular weight is 437 g/mol. The van der Waals surface area contributed by atoms with Crippen LogP contribution >= 0.6 is 15.9 Å². The van der Waals surface area contributed by atoms with Gasteiger partial charge in [0.25, 0.3) is 0 Å². The summed E-state index contributed by atoms with van der Waals surface area (Å²) in [5.41, 5.74) is 2.56. The SMILES string of the molecule is COc1cc(OC)c(OC)cc1C[NH+]1CC[NH+](Cc2cccc(Br)c2)CC1. The van der Waals surface area contributed by atoms with E-state index in [2.05, 4.69) is 40.2 Å². The lowest BCUT2D eigenvalue weighted by molar-refractivity contribution is -1.02. The summed E-state index contributed by atoms with van der Waals surface area (Å²) in [7, 11) is 5.03. The Morgan fingerprint density at radius 2 is 1.37 bits per heavy atom. The standard InChI is InChI=1S/C21H27BrN2O3/c1-25-19-13-21(27-3)20(26-2)12-17(19)15-24-9-7-23(8-10-24)14-16-5-4-6-18(22)11-16/h4-6,11-13H,7-10,14-15H2,1-3H3/p+2. The molecule has 0 saturated carbocycles. The smallest absolute Gasteiger partial charge is 0.164 e. The molecule has 0 aromatic heterocycles. The fraction of sp³-hybridized carbons (Fsp3) is 0.429. The first-order valence-electron chi connectivity index (χ1n) is 9.33. The van der Waals surface area contributed by atoms with Crippen molar-refractivity contribution in [2.24, 2.45) is 0 Å². The molecule has 1 saturated heterocycles. The monoisotopic (exact) mass is 436 g/mol. The summed E-state index contributed by atoms with van der Waals surface area (Å²) in [4.78, 5) is 3.23. The Morgan fingerprint density at radius 1 is 0.778 bits per heavy atom. The van der Waals surface area contributed by atoms with E-state index in [4.69, 9.17) is 14.2 Å². The molecule has 146 valence electrons. The average Bonchev–Trinajstić information content (AvgIpc) is 2.69. The van der Waals surface area contributed by atoms with Gasteiger partial charge in [-0.2, -0.15) is 0 Å². The Bertz CT molecular complexity index is 761. The summed E-state index contributed by atoms with van der Waals surface area (Å²) < 4.78 is 17.6. The third-order valence-electron chi connectivity index (χ3n) is 5.23. The number of rotatable bonds is 7. The number of ether oxygens (including phenoxy) is 3. The van der Waals surface area contributed by atoms with Crippen molar-refractivity contribution in [1.29, 1.82) is 0 Å². The summed E-state index contributed by atoms with van der Waals surface area (Å²) in [6.45, 7) is 6.69. The number of hydrogen-bond donors (Lipinski definition) is 2. The van der Waals surface area contributed by atoms with Crippen LogP contribution in [0.5, 0.6) is 17.2 Å². The van der Waals surface area contributed by atoms with Crippen molar-refractivity contribution in [3.8, 4) is 17.2 Å². The Kier molecular flexibility index (Phi) is 6.99. The molecule has 0 amide bonds. The van der Waals surface area contributed by atoms with Crippen molar-refractivity contribution in [1.82, 2.24) is 0 Å². The molecule has 0 radical (unpaired) electrons. The Hall–Kier alpha value is -1.76. The third-order valence-corrected chi connectivity index (χ3v) is 5.73. The van der Waals surface area contributed by atoms with Gasteiger partial charge < -0.3 is 24.0 Å². The molecule has 0 unspecified atom stereocenters. The molecule has 1 aliphatic heterocycles. The Labute approximate surface area is 169 Å². The van der Waals surface area contributed by atoms with Gasteiger partial charge in [0.15, 0.2) is 11.5 Å². The van der Waals surface area contributed by atoms with Gasteiger partial charge in [0, 0.05) is 16.1 Å². The van der Waals surface area contributed by atoms with Crippen molar-refractivity contribution >= 4 is 15.9 Å². The van der Waals surface area contributed by atoms with Crippen LogP contribution in [-0.4, -0.2) is 47.5 Å². The zero-order valence-electron chi connectivity index (χ0n) is 16.3. The van der Waals surface area contributed by atoms with Crippen molar-refractivity contribution in [3.05, 3.63) is 52.0 Å². The minimum atomic E-state index is 0.705. The van der Waals surface area contributed by atoms with E-state index >= 15 is 0 Å². The highest BCUT2D eigenvalue weighted by Crippen LogP contribution is 2.34. The van der Waals surface area contributed by atoms with Crippen molar-refractivity contribution in [2.75, 3.05) is 47.5 Å². The lowest BCUT2D eigenvalue weighted by Gasteiger charge is -2.30. The summed E-state index contributed by atoms with van der Waals surface area (Å²) in [5, 5.41) is 0. The largest absolute Gasteiger partial charge is 0.496 e. The van der Waals surface area contributed by atoms with Crippen LogP contribution < -0.4 is 24.0 Å². The van der Waals surface area contributed by atoms with Crippen LogP contribution in [0.2, 0.25) is 0 Å². The molecule has 0 atom stereocenters. The van der Waals surface area contributed by atoms with Crippen LogP contribution in [0.4, 0.5) is 0 Å². The maximum absolute atomic E-state index is 5.58. The fourth-order valence-corrected chi connectivity index (χ4v) is 4.19. The van der Waals surface area contributed by atoms with Gasteiger partial charge in [0.2, 0.25) is 0 Å². The zero-order chi connectivity index (χ0) is 19.2. The minimum Gasteiger partial charge on any atom is -0.496 e. The van der Waals surface area contributed by atoms with Gasteiger partial charge >= 0.3 is 0 Å². The lowest BCUT2D eigenvalue weighted by atomic mass is 10.1. The van der Waals surface area contributed by atoms with E-state index in [-0.39, 0.29) is 0 Å². The molecule has 0 bridgehead atoms. The maximum Gasteiger partial charge on any atom is 0.164 e. The van der Waals surface area contributed by atoms with Crippen molar-refractivity contribution in [3.63, 3.8) is 0 Å². The number of hydrogen-bond acceptors (Lipinski definition) is 3. The summed E-state index contributed by atoms with van der Waals surface area (Å²) in [6, 6.07) is 12.6. The molecule has 6 heteroatoms. The number of nitrogens with one attached hydrogen (secondary N) is 2. The van der Waals surface area contributed by atoms with Gasteiger partial charge in [-0.1, -0.05) is 28.1 Å². The molecule has 2 aromatic carbocycles. The minimum absolute atomic E-state index is 0.705. The topological polar surface area (TPSA) is 36.6 Å². The summed E-state index contributed by atoms with van der Waals surface area (Å²) >= 11 is 3.56. The van der Waals surface area contributed by atoms with E-state index in [1.807, 2.05) is 12.1 Å². The van der Waals surface area contributed by atoms with E-state index in [1.54, 1.807) is 31.1 Å². The predicted molar refractivity (Wildman–Crippen MR) is 109 cm³/mol. The van der Waals surface area contributed by atoms with Crippen LogP contribution in [0.3, 0.4) is 0 Å². The second-order valence-corrected chi connectivity index (χ2v) is 7.92. The van der Waals surface area contributed by atoms with Crippen LogP contribution in [0.1, 0.15) is 11.1 Å². The molecule has 1 heterocycles. The first kappa shape index (κ1) is 20.0. The van der Waals surface area contributed by atoms with Crippen LogP contribution in [-0.2, 0) is 13.1 Å². The number of halogens is 1. The molecule has 5 nitrogen and oxygen atoms in total. The van der Waals surface area contributed by atoms with Crippen LogP contribution in [0.15, 0.2) is 40.9 Å². The Morgan fingerprint density at radius 3 is 1.96 bits per heavy atom. The highest BCUT2D eigenvalue weighted by molar-refractivity contribution is 9.10. The zero-order valence-corrected chi connectivity index (χ0v) is 17.9. The molecule has 2 aromatic rings. The van der Waals surface area contributed by atoms with Crippen LogP contribution in [0, 0.1) is 0 Å².